The number of rotatable bonds is 4. The van der Waals surface area contributed by atoms with Crippen molar-refractivity contribution in [3.8, 4) is 0 Å². The zero-order valence-electron chi connectivity index (χ0n) is 15.4. The van der Waals surface area contributed by atoms with Crippen molar-refractivity contribution in [2.24, 2.45) is 5.92 Å². The highest BCUT2D eigenvalue weighted by molar-refractivity contribution is 5.92. The highest BCUT2D eigenvalue weighted by Crippen LogP contribution is 2.29. The van der Waals surface area contributed by atoms with Crippen molar-refractivity contribution in [1.29, 1.82) is 0 Å². The van der Waals surface area contributed by atoms with E-state index in [-0.39, 0.29) is 11.8 Å². The van der Waals surface area contributed by atoms with Crippen molar-refractivity contribution < 1.29 is 4.79 Å². The first-order valence-electron chi connectivity index (χ1n) is 9.65. The van der Waals surface area contributed by atoms with Crippen molar-refractivity contribution in [1.82, 2.24) is 5.32 Å². The van der Waals surface area contributed by atoms with Crippen LogP contribution in [0, 0.1) is 5.92 Å². The van der Waals surface area contributed by atoms with E-state index >= 15 is 0 Å². The normalized spacial score (nSPS) is 22.1. The molecule has 1 saturated heterocycles. The molecule has 4 nitrogen and oxygen atoms in total. The van der Waals surface area contributed by atoms with Gasteiger partial charge in [0.1, 0.15) is 0 Å². The van der Waals surface area contributed by atoms with Gasteiger partial charge in [-0.25, -0.2) is 0 Å². The van der Waals surface area contributed by atoms with Gasteiger partial charge in [0.15, 0.2) is 0 Å². The smallest absolute Gasteiger partial charge is 0.227 e. The summed E-state index contributed by atoms with van der Waals surface area (Å²) in [6, 6.07) is 17.4. The van der Waals surface area contributed by atoms with Crippen LogP contribution >= 0.6 is 0 Å². The minimum Gasteiger partial charge on any atom is -0.367 e. The van der Waals surface area contributed by atoms with Gasteiger partial charge in [0.25, 0.3) is 0 Å². The van der Waals surface area contributed by atoms with Gasteiger partial charge < -0.3 is 15.5 Å². The lowest BCUT2D eigenvalue weighted by Gasteiger charge is -2.27. The Balaban J connectivity index is 1.36. The Labute approximate surface area is 155 Å². The van der Waals surface area contributed by atoms with Crippen LogP contribution in [-0.2, 0) is 17.8 Å². The van der Waals surface area contributed by atoms with E-state index in [1.807, 2.05) is 12.1 Å². The van der Waals surface area contributed by atoms with E-state index in [0.717, 1.165) is 44.6 Å². The maximum atomic E-state index is 12.5. The van der Waals surface area contributed by atoms with Crippen LogP contribution in [0.3, 0.4) is 0 Å². The zero-order valence-corrected chi connectivity index (χ0v) is 15.4. The molecule has 2 aromatic carbocycles. The molecule has 2 heterocycles. The van der Waals surface area contributed by atoms with Gasteiger partial charge >= 0.3 is 0 Å². The number of carbonyl (C=O) groups excluding carboxylic acids is 1. The van der Waals surface area contributed by atoms with Crippen LogP contribution in [-0.4, -0.2) is 25.0 Å². The van der Waals surface area contributed by atoms with E-state index < -0.39 is 0 Å². The third-order valence-corrected chi connectivity index (χ3v) is 5.57. The molecule has 2 aliphatic heterocycles. The molecule has 2 N–H and O–H groups in total. The summed E-state index contributed by atoms with van der Waals surface area (Å²) in [5, 5.41) is 6.48. The van der Waals surface area contributed by atoms with Gasteiger partial charge in [0.05, 0.1) is 0 Å². The largest absolute Gasteiger partial charge is 0.367 e. The summed E-state index contributed by atoms with van der Waals surface area (Å²) in [7, 11) is 0. The predicted octanol–water partition coefficient (Wildman–Crippen LogP) is 3.58. The van der Waals surface area contributed by atoms with Gasteiger partial charge in [-0.05, 0) is 62.1 Å². The first-order chi connectivity index (χ1) is 12.7. The molecule has 4 rings (SSSR count). The fourth-order valence-electron chi connectivity index (χ4n) is 4.10. The Kier molecular flexibility index (Phi) is 4.93. The fraction of sp³-hybridized carbons (Fsp3) is 0.409. The Morgan fingerprint density at radius 1 is 1.19 bits per heavy atom. The SMILES string of the molecule is C[C@H]1C[C@@H](C(=O)Nc2ccc(CN3CCc4ccccc43)cc2)CCN1. The molecule has 26 heavy (non-hydrogen) atoms. The fourth-order valence-corrected chi connectivity index (χ4v) is 4.10. The number of benzene rings is 2. The molecule has 1 fully saturated rings. The number of anilines is 2. The summed E-state index contributed by atoms with van der Waals surface area (Å²) < 4.78 is 0. The van der Waals surface area contributed by atoms with Crippen LogP contribution in [0.2, 0.25) is 0 Å². The van der Waals surface area contributed by atoms with Gasteiger partial charge in [0.2, 0.25) is 5.91 Å². The molecule has 0 aromatic heterocycles. The van der Waals surface area contributed by atoms with E-state index in [9.17, 15) is 4.79 Å². The number of piperidine rings is 1. The number of para-hydroxylation sites is 1. The molecular weight excluding hydrogens is 322 g/mol. The van der Waals surface area contributed by atoms with Crippen molar-refractivity contribution in [3.05, 3.63) is 59.7 Å². The summed E-state index contributed by atoms with van der Waals surface area (Å²) in [4.78, 5) is 14.9. The van der Waals surface area contributed by atoms with E-state index in [2.05, 4.69) is 58.9 Å². The number of carbonyl (C=O) groups is 1. The molecule has 0 bridgehead atoms. The number of amides is 1. The summed E-state index contributed by atoms with van der Waals surface area (Å²) in [6.07, 6.45) is 2.96. The molecule has 1 amide bonds. The van der Waals surface area contributed by atoms with Crippen molar-refractivity contribution in [3.63, 3.8) is 0 Å². The second-order valence-corrected chi connectivity index (χ2v) is 7.56. The third kappa shape index (κ3) is 3.75. The van der Waals surface area contributed by atoms with Crippen molar-refractivity contribution >= 4 is 17.3 Å². The lowest BCUT2D eigenvalue weighted by atomic mass is 9.92. The highest BCUT2D eigenvalue weighted by atomic mass is 16.1. The second kappa shape index (κ2) is 7.50. The predicted molar refractivity (Wildman–Crippen MR) is 106 cm³/mol. The zero-order chi connectivity index (χ0) is 17.9. The lowest BCUT2D eigenvalue weighted by molar-refractivity contribution is -0.120. The van der Waals surface area contributed by atoms with E-state index in [0.29, 0.717) is 6.04 Å². The maximum Gasteiger partial charge on any atom is 0.227 e. The minimum atomic E-state index is 0.118. The number of hydrogen-bond acceptors (Lipinski definition) is 3. The molecule has 2 atom stereocenters. The molecule has 4 heteroatoms. The minimum absolute atomic E-state index is 0.118. The molecule has 0 radical (unpaired) electrons. The average Bonchev–Trinajstić information content (AvgIpc) is 3.06. The molecule has 2 aliphatic rings. The topological polar surface area (TPSA) is 44.4 Å². The first-order valence-corrected chi connectivity index (χ1v) is 9.65. The van der Waals surface area contributed by atoms with Crippen molar-refractivity contribution in [2.45, 2.75) is 38.8 Å². The lowest BCUT2D eigenvalue weighted by Crippen LogP contribution is -2.40. The van der Waals surface area contributed by atoms with Crippen LogP contribution in [0.4, 0.5) is 11.4 Å². The summed E-state index contributed by atoms with van der Waals surface area (Å²) in [5.41, 5.74) is 4.96. The van der Waals surface area contributed by atoms with E-state index in [4.69, 9.17) is 0 Å². The van der Waals surface area contributed by atoms with Crippen LogP contribution in [0.25, 0.3) is 0 Å². The molecule has 136 valence electrons. The summed E-state index contributed by atoms with van der Waals surface area (Å²) in [6.45, 7) is 5.06. The van der Waals surface area contributed by atoms with Crippen LogP contribution in [0.5, 0.6) is 0 Å². The molecular formula is C22H27N3O. The van der Waals surface area contributed by atoms with Crippen molar-refractivity contribution in [2.75, 3.05) is 23.3 Å². The Morgan fingerprint density at radius 2 is 2.00 bits per heavy atom. The van der Waals surface area contributed by atoms with E-state index in [1.54, 1.807) is 0 Å². The Bertz CT molecular complexity index is 771. The number of nitrogens with zero attached hydrogens (tertiary/aromatic N) is 1. The molecule has 0 aliphatic carbocycles. The van der Waals surface area contributed by atoms with Gasteiger partial charge in [-0.15, -0.1) is 0 Å². The highest BCUT2D eigenvalue weighted by Gasteiger charge is 2.24. The maximum absolute atomic E-state index is 12.5. The second-order valence-electron chi connectivity index (χ2n) is 7.56. The summed E-state index contributed by atoms with van der Waals surface area (Å²) >= 11 is 0. The number of hydrogen-bond donors (Lipinski definition) is 2. The monoisotopic (exact) mass is 349 g/mol. The molecule has 0 saturated carbocycles. The average molecular weight is 349 g/mol. The van der Waals surface area contributed by atoms with Gasteiger partial charge in [-0.2, -0.15) is 0 Å². The molecule has 2 aromatic rings. The third-order valence-electron chi connectivity index (χ3n) is 5.57. The number of fused-ring (bicyclic) bond motifs is 1. The van der Waals surface area contributed by atoms with Gasteiger partial charge in [-0.3, -0.25) is 4.79 Å². The van der Waals surface area contributed by atoms with Crippen LogP contribution in [0.15, 0.2) is 48.5 Å². The van der Waals surface area contributed by atoms with Gasteiger partial charge in [-0.1, -0.05) is 30.3 Å². The Morgan fingerprint density at radius 3 is 2.81 bits per heavy atom. The standard InChI is InChI=1S/C22H27N3O/c1-16-14-19(10-12-23-16)22(26)24-20-8-6-17(7-9-20)15-25-13-11-18-4-2-3-5-21(18)25/h2-9,16,19,23H,10-15H2,1H3,(H,24,26)/t16-,19-/m0/s1. The van der Waals surface area contributed by atoms with Gasteiger partial charge in [0, 0.05) is 36.4 Å². The van der Waals surface area contributed by atoms with Crippen LogP contribution < -0.4 is 15.5 Å². The first kappa shape index (κ1) is 17.1. The number of nitrogens with one attached hydrogen (secondary N) is 2. The quantitative estimate of drug-likeness (QED) is 0.887. The molecule has 0 spiro atoms. The van der Waals surface area contributed by atoms with E-state index in [1.165, 1.54) is 16.8 Å². The van der Waals surface area contributed by atoms with Crippen LogP contribution in [0.1, 0.15) is 30.9 Å². The summed E-state index contributed by atoms with van der Waals surface area (Å²) in [5.74, 6) is 0.270. The Hall–Kier alpha value is -2.33. The molecule has 0 unspecified atom stereocenters.